The van der Waals surface area contributed by atoms with Gasteiger partial charge in [0.25, 0.3) is 5.91 Å². The normalized spacial score (nSPS) is 13.0. The van der Waals surface area contributed by atoms with E-state index in [0.717, 1.165) is 5.69 Å². The fraction of sp³-hybridized carbons (Fsp3) is 0.389. The quantitative estimate of drug-likeness (QED) is 0.798. The molecule has 0 aliphatic carbocycles. The smallest absolute Gasteiger partial charge is 0.347 e. The van der Waals surface area contributed by atoms with Crippen LogP contribution in [-0.2, 0) is 21.4 Å². The number of carbonyl (C=O) groups excluding carboxylic acids is 2. The number of hydrogen-bond acceptors (Lipinski definition) is 5. The van der Waals surface area contributed by atoms with E-state index in [2.05, 4.69) is 10.4 Å². The van der Waals surface area contributed by atoms with Gasteiger partial charge in [0.05, 0.1) is 17.1 Å². The van der Waals surface area contributed by atoms with Crippen molar-refractivity contribution in [1.82, 2.24) is 9.78 Å². The maximum atomic E-state index is 12.9. The zero-order chi connectivity index (χ0) is 19.4. The van der Waals surface area contributed by atoms with Crippen LogP contribution in [0.15, 0.2) is 24.3 Å². The molecule has 2 aromatic rings. The predicted octanol–water partition coefficient (Wildman–Crippen LogP) is 2.51. The summed E-state index contributed by atoms with van der Waals surface area (Å²) in [5.74, 6) is -1.24. The fourth-order valence-corrected chi connectivity index (χ4v) is 2.27. The third-order valence-electron chi connectivity index (χ3n) is 3.88. The highest BCUT2D eigenvalue weighted by molar-refractivity contribution is 5.96. The summed E-state index contributed by atoms with van der Waals surface area (Å²) >= 11 is 0. The van der Waals surface area contributed by atoms with E-state index in [1.807, 2.05) is 6.92 Å². The zero-order valence-electron chi connectivity index (χ0n) is 15.4. The molecule has 0 saturated heterocycles. The SMILES string of the molecule is Cc1nn(C)c(C)c1NC(=O)[C@@H](C)OC(=O)[C@H](C)Oc1ccc(F)cc1. The van der Waals surface area contributed by atoms with E-state index in [0.29, 0.717) is 17.1 Å². The number of anilines is 1. The summed E-state index contributed by atoms with van der Waals surface area (Å²) in [4.78, 5) is 24.4. The first kappa shape index (κ1) is 19.4. The van der Waals surface area contributed by atoms with Crippen LogP contribution in [0.3, 0.4) is 0 Å². The monoisotopic (exact) mass is 363 g/mol. The van der Waals surface area contributed by atoms with Gasteiger partial charge in [-0.2, -0.15) is 5.10 Å². The summed E-state index contributed by atoms with van der Waals surface area (Å²) in [6.45, 7) is 6.56. The van der Waals surface area contributed by atoms with Gasteiger partial charge in [-0.1, -0.05) is 0 Å². The Labute approximate surface area is 151 Å². The lowest BCUT2D eigenvalue weighted by atomic mass is 10.3. The Kier molecular flexibility index (Phi) is 5.97. The minimum absolute atomic E-state index is 0.328. The average molecular weight is 363 g/mol. The molecule has 0 unspecified atom stereocenters. The molecule has 0 radical (unpaired) electrons. The van der Waals surface area contributed by atoms with Crippen LogP contribution < -0.4 is 10.1 Å². The van der Waals surface area contributed by atoms with Crippen LogP contribution in [0.5, 0.6) is 5.75 Å². The molecule has 1 heterocycles. The maximum Gasteiger partial charge on any atom is 0.347 e. The molecule has 1 aromatic carbocycles. The Balaban J connectivity index is 1.92. The number of rotatable bonds is 6. The Morgan fingerprint density at radius 2 is 1.77 bits per heavy atom. The molecule has 1 aromatic heterocycles. The van der Waals surface area contributed by atoms with Crippen molar-refractivity contribution in [3.63, 3.8) is 0 Å². The van der Waals surface area contributed by atoms with Crippen molar-refractivity contribution in [2.45, 2.75) is 39.9 Å². The Hall–Kier alpha value is -2.90. The standard InChI is InChI=1S/C18H22FN3O4/c1-10-16(11(2)22(5)21-10)20-17(23)12(3)26-18(24)13(4)25-15-8-6-14(19)7-9-15/h6-9,12-13H,1-5H3,(H,20,23)/t12-,13+/m1/s1. The molecule has 140 valence electrons. The summed E-state index contributed by atoms with van der Waals surface area (Å²) in [5, 5.41) is 6.93. The van der Waals surface area contributed by atoms with Crippen molar-refractivity contribution in [3.8, 4) is 5.75 Å². The minimum Gasteiger partial charge on any atom is -0.479 e. The third-order valence-corrected chi connectivity index (χ3v) is 3.88. The molecular weight excluding hydrogens is 341 g/mol. The molecule has 0 aliphatic rings. The summed E-state index contributed by atoms with van der Waals surface area (Å²) in [5.41, 5.74) is 2.06. The number of carbonyl (C=O) groups is 2. The first-order valence-corrected chi connectivity index (χ1v) is 8.12. The summed E-state index contributed by atoms with van der Waals surface area (Å²) < 4.78 is 25.1. The average Bonchev–Trinajstić information content (AvgIpc) is 2.82. The van der Waals surface area contributed by atoms with E-state index in [-0.39, 0.29) is 0 Å². The molecule has 0 fully saturated rings. The van der Waals surface area contributed by atoms with E-state index >= 15 is 0 Å². The Morgan fingerprint density at radius 3 is 2.31 bits per heavy atom. The first-order chi connectivity index (χ1) is 12.2. The number of esters is 1. The van der Waals surface area contributed by atoms with Crippen LogP contribution in [0.2, 0.25) is 0 Å². The number of hydrogen-bond donors (Lipinski definition) is 1. The fourth-order valence-electron chi connectivity index (χ4n) is 2.27. The maximum absolute atomic E-state index is 12.9. The first-order valence-electron chi connectivity index (χ1n) is 8.12. The van der Waals surface area contributed by atoms with E-state index in [1.54, 1.807) is 18.7 Å². The van der Waals surface area contributed by atoms with Crippen LogP contribution in [0, 0.1) is 19.7 Å². The lowest BCUT2D eigenvalue weighted by molar-refractivity contribution is -0.159. The number of aromatic nitrogens is 2. The lowest BCUT2D eigenvalue weighted by Crippen LogP contribution is -2.35. The molecule has 2 rings (SSSR count). The number of aryl methyl sites for hydroxylation is 2. The van der Waals surface area contributed by atoms with E-state index < -0.39 is 29.9 Å². The van der Waals surface area contributed by atoms with Crippen molar-refractivity contribution in [2.24, 2.45) is 7.05 Å². The molecule has 26 heavy (non-hydrogen) atoms. The molecular formula is C18H22FN3O4. The molecule has 8 heteroatoms. The van der Waals surface area contributed by atoms with Gasteiger partial charge in [-0.25, -0.2) is 9.18 Å². The van der Waals surface area contributed by atoms with Gasteiger partial charge in [0, 0.05) is 7.05 Å². The van der Waals surface area contributed by atoms with Crippen LogP contribution in [0.1, 0.15) is 25.2 Å². The van der Waals surface area contributed by atoms with Crippen molar-refractivity contribution < 1.29 is 23.5 Å². The van der Waals surface area contributed by atoms with Crippen molar-refractivity contribution >= 4 is 17.6 Å². The summed E-state index contributed by atoms with van der Waals surface area (Å²) in [6.07, 6.45) is -1.96. The van der Waals surface area contributed by atoms with E-state index in [4.69, 9.17) is 9.47 Å². The second-order valence-electron chi connectivity index (χ2n) is 5.95. The second kappa shape index (κ2) is 7.99. The highest BCUT2D eigenvalue weighted by Gasteiger charge is 2.24. The molecule has 0 spiro atoms. The molecule has 2 atom stereocenters. The van der Waals surface area contributed by atoms with Crippen LogP contribution in [0.4, 0.5) is 10.1 Å². The molecule has 0 aliphatic heterocycles. The summed E-state index contributed by atoms with van der Waals surface area (Å²) in [7, 11) is 1.77. The van der Waals surface area contributed by atoms with Gasteiger partial charge in [0.2, 0.25) is 0 Å². The van der Waals surface area contributed by atoms with Gasteiger partial charge in [-0.05, 0) is 52.0 Å². The highest BCUT2D eigenvalue weighted by atomic mass is 19.1. The van der Waals surface area contributed by atoms with Crippen LogP contribution >= 0.6 is 0 Å². The van der Waals surface area contributed by atoms with Gasteiger partial charge in [-0.15, -0.1) is 0 Å². The highest BCUT2D eigenvalue weighted by Crippen LogP contribution is 2.19. The Bertz CT molecular complexity index is 802. The molecule has 1 N–H and O–H groups in total. The van der Waals surface area contributed by atoms with Crippen LogP contribution in [0.25, 0.3) is 0 Å². The molecule has 1 amide bonds. The largest absolute Gasteiger partial charge is 0.479 e. The van der Waals surface area contributed by atoms with Crippen molar-refractivity contribution in [3.05, 3.63) is 41.5 Å². The number of nitrogens with zero attached hydrogens (tertiary/aromatic N) is 2. The van der Waals surface area contributed by atoms with Gasteiger partial charge in [0.15, 0.2) is 12.2 Å². The third kappa shape index (κ3) is 4.59. The zero-order valence-corrected chi connectivity index (χ0v) is 15.4. The van der Waals surface area contributed by atoms with E-state index in [1.165, 1.54) is 38.1 Å². The van der Waals surface area contributed by atoms with Gasteiger partial charge < -0.3 is 14.8 Å². The second-order valence-corrected chi connectivity index (χ2v) is 5.95. The van der Waals surface area contributed by atoms with Crippen LogP contribution in [-0.4, -0.2) is 33.9 Å². The molecule has 0 bridgehead atoms. The lowest BCUT2D eigenvalue weighted by Gasteiger charge is -2.18. The molecule has 7 nitrogen and oxygen atoms in total. The van der Waals surface area contributed by atoms with Crippen molar-refractivity contribution in [2.75, 3.05) is 5.32 Å². The van der Waals surface area contributed by atoms with E-state index in [9.17, 15) is 14.0 Å². The van der Waals surface area contributed by atoms with Gasteiger partial charge in [-0.3, -0.25) is 9.48 Å². The number of benzene rings is 1. The summed E-state index contributed by atoms with van der Waals surface area (Å²) in [6, 6.07) is 5.26. The van der Waals surface area contributed by atoms with Gasteiger partial charge >= 0.3 is 5.97 Å². The number of ether oxygens (including phenoxy) is 2. The predicted molar refractivity (Wildman–Crippen MR) is 93.4 cm³/mol. The Morgan fingerprint density at radius 1 is 1.15 bits per heavy atom. The number of nitrogens with one attached hydrogen (secondary N) is 1. The van der Waals surface area contributed by atoms with Crippen molar-refractivity contribution in [1.29, 1.82) is 0 Å². The topological polar surface area (TPSA) is 82.5 Å². The minimum atomic E-state index is -1.01. The molecule has 0 saturated carbocycles. The van der Waals surface area contributed by atoms with Gasteiger partial charge in [0.1, 0.15) is 11.6 Å². The number of halogens is 1. The number of amides is 1.